The van der Waals surface area contributed by atoms with E-state index in [0.717, 1.165) is 11.3 Å². The lowest BCUT2D eigenvalue weighted by Gasteiger charge is -2.01. The maximum atomic E-state index is 4.28. The minimum absolute atomic E-state index is 0.908. The van der Waals surface area contributed by atoms with Crippen LogP contribution in [-0.4, -0.2) is 4.98 Å². The summed E-state index contributed by atoms with van der Waals surface area (Å²) >= 11 is 0. The van der Waals surface area contributed by atoms with Crippen molar-refractivity contribution >= 4 is 6.08 Å². The number of pyridine rings is 1. The van der Waals surface area contributed by atoms with Crippen LogP contribution in [0.2, 0.25) is 0 Å². The summed E-state index contributed by atoms with van der Waals surface area (Å²) in [5, 5.41) is 0. The highest BCUT2D eigenvalue weighted by Crippen LogP contribution is 2.18. The Kier molecular flexibility index (Phi) is 2.64. The number of nitrogens with zero attached hydrogens (tertiary/aromatic N) is 1. The molecule has 0 N–H and O–H groups in total. The van der Waals surface area contributed by atoms with Crippen molar-refractivity contribution in [3.63, 3.8) is 0 Å². The van der Waals surface area contributed by atoms with Crippen LogP contribution in [-0.2, 0) is 0 Å². The molecule has 0 atom stereocenters. The van der Waals surface area contributed by atoms with Crippen LogP contribution in [0.25, 0.3) is 17.2 Å². The quantitative estimate of drug-likeness (QED) is 0.712. The minimum atomic E-state index is 0.908. The van der Waals surface area contributed by atoms with E-state index in [1.165, 1.54) is 11.1 Å². The van der Waals surface area contributed by atoms with Gasteiger partial charge in [0.1, 0.15) is 0 Å². The van der Waals surface area contributed by atoms with Gasteiger partial charge in [0.25, 0.3) is 0 Å². The van der Waals surface area contributed by atoms with Crippen molar-refractivity contribution in [3.8, 4) is 11.1 Å². The van der Waals surface area contributed by atoms with Crippen LogP contribution < -0.4 is 0 Å². The first kappa shape index (κ1) is 9.66. The Bertz CT molecular complexity index is 452. The molecular formula is C14H13N. The van der Waals surface area contributed by atoms with Crippen LogP contribution in [0.4, 0.5) is 0 Å². The average molecular weight is 195 g/mol. The standard InChI is InChI=1S/C14H13N/c1-3-14-9-8-13(10-15-14)12-6-4-11(2)5-7-12/h3-10H,1H2,2H3. The van der Waals surface area contributed by atoms with Gasteiger partial charge in [-0.25, -0.2) is 0 Å². The largest absolute Gasteiger partial charge is 0.256 e. The van der Waals surface area contributed by atoms with Gasteiger partial charge in [-0.15, -0.1) is 0 Å². The Labute approximate surface area is 90.1 Å². The Balaban J connectivity index is 2.37. The topological polar surface area (TPSA) is 12.9 Å². The fourth-order valence-corrected chi connectivity index (χ4v) is 1.44. The molecule has 15 heavy (non-hydrogen) atoms. The molecule has 0 bridgehead atoms. The molecule has 0 aliphatic carbocycles. The van der Waals surface area contributed by atoms with Crippen molar-refractivity contribution in [2.75, 3.05) is 0 Å². The van der Waals surface area contributed by atoms with Gasteiger partial charge in [0, 0.05) is 11.8 Å². The third-order valence-corrected chi connectivity index (χ3v) is 2.38. The van der Waals surface area contributed by atoms with Crippen molar-refractivity contribution < 1.29 is 0 Å². The fourth-order valence-electron chi connectivity index (χ4n) is 1.44. The highest BCUT2D eigenvalue weighted by Gasteiger charge is 1.96. The minimum Gasteiger partial charge on any atom is -0.256 e. The van der Waals surface area contributed by atoms with Crippen molar-refractivity contribution in [1.82, 2.24) is 4.98 Å². The van der Waals surface area contributed by atoms with Crippen molar-refractivity contribution in [2.45, 2.75) is 6.92 Å². The highest BCUT2D eigenvalue weighted by atomic mass is 14.7. The van der Waals surface area contributed by atoms with E-state index in [9.17, 15) is 0 Å². The molecule has 1 heterocycles. The molecule has 74 valence electrons. The molecule has 1 nitrogen and oxygen atoms in total. The van der Waals surface area contributed by atoms with Gasteiger partial charge >= 0.3 is 0 Å². The molecule has 0 saturated carbocycles. The van der Waals surface area contributed by atoms with Gasteiger partial charge in [0.2, 0.25) is 0 Å². The zero-order chi connectivity index (χ0) is 10.7. The van der Waals surface area contributed by atoms with Crippen LogP contribution in [0.3, 0.4) is 0 Å². The molecule has 0 unspecified atom stereocenters. The van der Waals surface area contributed by atoms with E-state index < -0.39 is 0 Å². The molecule has 0 amide bonds. The molecule has 1 aromatic heterocycles. The van der Waals surface area contributed by atoms with E-state index in [4.69, 9.17) is 0 Å². The number of aromatic nitrogens is 1. The number of rotatable bonds is 2. The summed E-state index contributed by atoms with van der Waals surface area (Å²) in [7, 11) is 0. The number of aryl methyl sites for hydroxylation is 1. The molecule has 0 radical (unpaired) electrons. The van der Waals surface area contributed by atoms with Crippen molar-refractivity contribution in [2.24, 2.45) is 0 Å². The molecule has 0 aliphatic rings. The maximum Gasteiger partial charge on any atom is 0.0624 e. The van der Waals surface area contributed by atoms with E-state index in [1.54, 1.807) is 6.08 Å². The third-order valence-electron chi connectivity index (χ3n) is 2.38. The highest BCUT2D eigenvalue weighted by molar-refractivity contribution is 5.63. The van der Waals surface area contributed by atoms with Gasteiger partial charge in [-0.2, -0.15) is 0 Å². The van der Waals surface area contributed by atoms with Crippen LogP contribution in [0.5, 0.6) is 0 Å². The van der Waals surface area contributed by atoms with E-state index >= 15 is 0 Å². The van der Waals surface area contributed by atoms with E-state index in [2.05, 4.69) is 48.8 Å². The Morgan fingerprint density at radius 2 is 1.67 bits per heavy atom. The van der Waals surface area contributed by atoms with Crippen molar-refractivity contribution in [3.05, 3.63) is 60.4 Å². The van der Waals surface area contributed by atoms with Crippen LogP contribution in [0.15, 0.2) is 49.2 Å². The van der Waals surface area contributed by atoms with Gasteiger partial charge in [0.05, 0.1) is 5.69 Å². The Morgan fingerprint density at radius 3 is 2.20 bits per heavy atom. The predicted octanol–water partition coefficient (Wildman–Crippen LogP) is 3.70. The lowest BCUT2D eigenvalue weighted by atomic mass is 10.1. The predicted molar refractivity (Wildman–Crippen MR) is 64.5 cm³/mol. The van der Waals surface area contributed by atoms with Crippen LogP contribution in [0, 0.1) is 6.92 Å². The molecular weight excluding hydrogens is 182 g/mol. The average Bonchev–Trinajstić information content (AvgIpc) is 2.30. The van der Waals surface area contributed by atoms with Gasteiger partial charge in [-0.05, 0) is 24.6 Å². The first-order valence-corrected chi connectivity index (χ1v) is 4.95. The molecule has 0 fully saturated rings. The molecule has 0 aliphatic heterocycles. The monoisotopic (exact) mass is 195 g/mol. The van der Waals surface area contributed by atoms with E-state index in [0.29, 0.717) is 0 Å². The second kappa shape index (κ2) is 4.09. The first-order valence-electron chi connectivity index (χ1n) is 4.95. The van der Waals surface area contributed by atoms with Gasteiger partial charge in [-0.1, -0.05) is 42.5 Å². The van der Waals surface area contributed by atoms with Gasteiger partial charge in [0.15, 0.2) is 0 Å². The fraction of sp³-hybridized carbons (Fsp3) is 0.0714. The lowest BCUT2D eigenvalue weighted by molar-refractivity contribution is 1.30. The molecule has 1 heteroatoms. The molecule has 1 aromatic carbocycles. The molecule has 2 rings (SSSR count). The van der Waals surface area contributed by atoms with Crippen LogP contribution >= 0.6 is 0 Å². The zero-order valence-electron chi connectivity index (χ0n) is 8.77. The Morgan fingerprint density at radius 1 is 1.00 bits per heavy atom. The smallest absolute Gasteiger partial charge is 0.0624 e. The summed E-state index contributed by atoms with van der Waals surface area (Å²) in [6.45, 7) is 5.77. The molecule has 0 saturated heterocycles. The van der Waals surface area contributed by atoms with Gasteiger partial charge < -0.3 is 0 Å². The Hall–Kier alpha value is -1.89. The van der Waals surface area contributed by atoms with E-state index in [1.807, 2.05) is 12.3 Å². The SMILES string of the molecule is C=Cc1ccc(-c2ccc(C)cc2)cn1. The summed E-state index contributed by atoms with van der Waals surface area (Å²) in [6.07, 6.45) is 3.63. The summed E-state index contributed by atoms with van der Waals surface area (Å²) in [4.78, 5) is 4.28. The summed E-state index contributed by atoms with van der Waals surface area (Å²) < 4.78 is 0. The van der Waals surface area contributed by atoms with E-state index in [-0.39, 0.29) is 0 Å². The second-order valence-electron chi connectivity index (χ2n) is 3.54. The first-order chi connectivity index (χ1) is 7.29. The lowest BCUT2D eigenvalue weighted by Crippen LogP contribution is -1.83. The number of hydrogen-bond donors (Lipinski definition) is 0. The molecule has 2 aromatic rings. The summed E-state index contributed by atoms with van der Waals surface area (Å²) in [6, 6.07) is 12.5. The number of hydrogen-bond acceptors (Lipinski definition) is 1. The summed E-state index contributed by atoms with van der Waals surface area (Å²) in [5.74, 6) is 0. The third kappa shape index (κ3) is 2.13. The van der Waals surface area contributed by atoms with Crippen molar-refractivity contribution in [1.29, 1.82) is 0 Å². The summed E-state index contributed by atoms with van der Waals surface area (Å²) in [5.41, 5.74) is 4.52. The van der Waals surface area contributed by atoms with Gasteiger partial charge in [-0.3, -0.25) is 4.98 Å². The maximum absolute atomic E-state index is 4.28. The second-order valence-corrected chi connectivity index (χ2v) is 3.54. The zero-order valence-corrected chi connectivity index (χ0v) is 8.77. The normalized spacial score (nSPS) is 9.93. The number of benzene rings is 1. The van der Waals surface area contributed by atoms with Crippen LogP contribution in [0.1, 0.15) is 11.3 Å². The molecule has 0 spiro atoms.